The van der Waals surface area contributed by atoms with Crippen LogP contribution in [0.25, 0.3) is 0 Å². The van der Waals surface area contributed by atoms with Gasteiger partial charge in [-0.05, 0) is 17.1 Å². The molecule has 3 aromatic rings. The maximum atomic E-state index is 12.0. The van der Waals surface area contributed by atoms with Gasteiger partial charge in [0.05, 0.1) is 6.42 Å². The Bertz CT molecular complexity index is 835. The summed E-state index contributed by atoms with van der Waals surface area (Å²) in [6.07, 6.45) is 2.04. The van der Waals surface area contributed by atoms with Crippen LogP contribution in [0, 0.1) is 0 Å². The number of thioether (sulfide) groups is 1. The Morgan fingerprint density at radius 1 is 1.00 bits per heavy atom. The molecule has 0 bridgehead atoms. The van der Waals surface area contributed by atoms with Gasteiger partial charge in [-0.15, -0.1) is 20.4 Å². The number of amides is 1. The minimum Gasteiger partial charge on any atom is -0.374 e. The molecule has 0 atom stereocenters. The van der Waals surface area contributed by atoms with Crippen LogP contribution in [0.15, 0.2) is 30.3 Å². The van der Waals surface area contributed by atoms with Crippen molar-refractivity contribution in [3.8, 4) is 0 Å². The monoisotopic (exact) mass is 406 g/mol. The Morgan fingerprint density at radius 3 is 2.38 bits per heavy atom. The average molecular weight is 407 g/mol. The molecule has 10 heteroatoms. The van der Waals surface area contributed by atoms with Gasteiger partial charge in [0.2, 0.25) is 16.2 Å². The van der Waals surface area contributed by atoms with E-state index in [-0.39, 0.29) is 5.91 Å². The summed E-state index contributed by atoms with van der Waals surface area (Å²) >= 11 is 4.69. The van der Waals surface area contributed by atoms with E-state index in [1.165, 1.54) is 22.7 Å². The summed E-state index contributed by atoms with van der Waals surface area (Å²) < 4.78 is 0. The molecule has 0 aliphatic carbocycles. The van der Waals surface area contributed by atoms with E-state index in [9.17, 15) is 4.79 Å². The number of hydrogen-bond donors (Lipinski definition) is 2. The lowest BCUT2D eigenvalue weighted by atomic mass is 10.1. The number of aromatic nitrogens is 4. The van der Waals surface area contributed by atoms with Crippen molar-refractivity contribution < 1.29 is 4.79 Å². The first-order valence-electron chi connectivity index (χ1n) is 8.01. The second-order valence-corrected chi connectivity index (χ2v) is 8.74. The molecule has 0 saturated heterocycles. The number of rotatable bonds is 9. The van der Waals surface area contributed by atoms with Crippen LogP contribution in [0.1, 0.15) is 15.6 Å². The Morgan fingerprint density at radius 2 is 1.69 bits per heavy atom. The minimum atomic E-state index is -0.0791. The first-order valence-corrected chi connectivity index (χ1v) is 10.8. The number of nitrogens with two attached hydrogens (primary N) is 1. The van der Waals surface area contributed by atoms with E-state index in [0.717, 1.165) is 39.9 Å². The van der Waals surface area contributed by atoms with Crippen molar-refractivity contribution in [3.05, 3.63) is 45.9 Å². The molecule has 3 N–H and O–H groups in total. The zero-order chi connectivity index (χ0) is 18.2. The van der Waals surface area contributed by atoms with E-state index in [0.29, 0.717) is 16.7 Å². The smallest absolute Gasteiger partial charge is 0.230 e. The van der Waals surface area contributed by atoms with Crippen LogP contribution in [0.2, 0.25) is 0 Å². The van der Waals surface area contributed by atoms with Gasteiger partial charge in [-0.3, -0.25) is 4.79 Å². The number of nitrogens with one attached hydrogen (secondary N) is 1. The van der Waals surface area contributed by atoms with Gasteiger partial charge in [0.25, 0.3) is 0 Å². The molecule has 0 radical (unpaired) electrons. The maximum absolute atomic E-state index is 12.0. The Labute approximate surface area is 163 Å². The molecule has 2 heterocycles. The number of anilines is 2. The van der Waals surface area contributed by atoms with Gasteiger partial charge in [-0.1, -0.05) is 53.0 Å². The molecule has 0 fully saturated rings. The van der Waals surface area contributed by atoms with Crippen LogP contribution < -0.4 is 11.1 Å². The molecule has 0 aliphatic heterocycles. The SMILES string of the molecule is Nc1nnc(CCSCCc2nnc(NC(=O)Cc3ccccc3)s2)s1. The summed E-state index contributed by atoms with van der Waals surface area (Å²) in [5.41, 5.74) is 6.53. The summed E-state index contributed by atoms with van der Waals surface area (Å²) in [6.45, 7) is 0. The van der Waals surface area contributed by atoms with Crippen LogP contribution in [0.4, 0.5) is 10.3 Å². The van der Waals surface area contributed by atoms with Crippen molar-refractivity contribution in [1.29, 1.82) is 0 Å². The van der Waals surface area contributed by atoms with Crippen LogP contribution in [0.5, 0.6) is 0 Å². The molecule has 1 aromatic carbocycles. The van der Waals surface area contributed by atoms with Crippen LogP contribution >= 0.6 is 34.4 Å². The molecule has 26 heavy (non-hydrogen) atoms. The third-order valence-electron chi connectivity index (χ3n) is 3.32. The zero-order valence-corrected chi connectivity index (χ0v) is 16.4. The van der Waals surface area contributed by atoms with Crippen molar-refractivity contribution in [2.24, 2.45) is 0 Å². The first-order chi connectivity index (χ1) is 12.7. The second kappa shape index (κ2) is 9.60. The highest BCUT2D eigenvalue weighted by Crippen LogP contribution is 2.19. The number of benzene rings is 1. The van der Waals surface area contributed by atoms with Gasteiger partial charge < -0.3 is 11.1 Å². The number of carbonyl (C=O) groups is 1. The average Bonchev–Trinajstić information content (AvgIpc) is 3.24. The summed E-state index contributed by atoms with van der Waals surface area (Å²) in [5.74, 6) is 1.83. The Hall–Kier alpha value is -2.04. The minimum absolute atomic E-state index is 0.0791. The Balaban J connectivity index is 1.35. The molecule has 1 amide bonds. The number of nitrogens with zero attached hydrogens (tertiary/aromatic N) is 4. The quantitative estimate of drug-likeness (QED) is 0.526. The van der Waals surface area contributed by atoms with Crippen molar-refractivity contribution >= 4 is 50.6 Å². The largest absolute Gasteiger partial charge is 0.374 e. The zero-order valence-electron chi connectivity index (χ0n) is 13.9. The van der Waals surface area contributed by atoms with E-state index in [2.05, 4.69) is 25.7 Å². The van der Waals surface area contributed by atoms with E-state index in [1.54, 1.807) is 0 Å². The number of carbonyl (C=O) groups excluding carboxylic acids is 1. The van der Waals surface area contributed by atoms with E-state index in [1.807, 2.05) is 42.1 Å². The molecule has 0 saturated carbocycles. The molecular formula is C16H18N6OS3. The highest BCUT2D eigenvalue weighted by atomic mass is 32.2. The van der Waals surface area contributed by atoms with Crippen molar-refractivity contribution in [1.82, 2.24) is 20.4 Å². The van der Waals surface area contributed by atoms with Gasteiger partial charge in [0.1, 0.15) is 10.0 Å². The van der Waals surface area contributed by atoms with Gasteiger partial charge in [0, 0.05) is 12.8 Å². The van der Waals surface area contributed by atoms with Crippen LogP contribution in [-0.4, -0.2) is 37.8 Å². The summed E-state index contributed by atoms with van der Waals surface area (Å²) in [6, 6.07) is 9.63. The second-order valence-electron chi connectivity index (χ2n) is 5.36. The lowest BCUT2D eigenvalue weighted by Gasteiger charge is -2.00. The normalized spacial score (nSPS) is 10.8. The van der Waals surface area contributed by atoms with Crippen molar-refractivity contribution in [2.45, 2.75) is 19.3 Å². The molecule has 2 aromatic heterocycles. The van der Waals surface area contributed by atoms with Crippen LogP contribution in [0.3, 0.4) is 0 Å². The van der Waals surface area contributed by atoms with Gasteiger partial charge >= 0.3 is 0 Å². The number of hydrogen-bond acceptors (Lipinski definition) is 9. The fourth-order valence-electron chi connectivity index (χ4n) is 2.14. The summed E-state index contributed by atoms with van der Waals surface area (Å²) in [5, 5.41) is 21.8. The molecule has 0 aliphatic rings. The summed E-state index contributed by atoms with van der Waals surface area (Å²) in [4.78, 5) is 12.0. The predicted octanol–water partition coefficient (Wildman–Crippen LogP) is 2.67. The lowest BCUT2D eigenvalue weighted by Crippen LogP contribution is -2.14. The molecule has 0 unspecified atom stereocenters. The lowest BCUT2D eigenvalue weighted by molar-refractivity contribution is -0.115. The highest BCUT2D eigenvalue weighted by molar-refractivity contribution is 7.99. The topological polar surface area (TPSA) is 107 Å². The van der Waals surface area contributed by atoms with E-state index < -0.39 is 0 Å². The van der Waals surface area contributed by atoms with Gasteiger partial charge in [-0.25, -0.2) is 0 Å². The molecule has 0 spiro atoms. The fourth-order valence-corrected chi connectivity index (χ4v) is 4.64. The third-order valence-corrected chi connectivity index (χ3v) is 6.02. The summed E-state index contributed by atoms with van der Waals surface area (Å²) in [7, 11) is 0. The van der Waals surface area contributed by atoms with Gasteiger partial charge in [-0.2, -0.15) is 11.8 Å². The predicted molar refractivity (Wildman–Crippen MR) is 108 cm³/mol. The maximum Gasteiger partial charge on any atom is 0.230 e. The van der Waals surface area contributed by atoms with Crippen LogP contribution in [-0.2, 0) is 24.1 Å². The number of aryl methyl sites for hydroxylation is 2. The Kier molecular flexibility index (Phi) is 6.92. The first kappa shape index (κ1) is 18.7. The van der Waals surface area contributed by atoms with E-state index in [4.69, 9.17) is 5.73 Å². The third kappa shape index (κ3) is 6.04. The highest BCUT2D eigenvalue weighted by Gasteiger charge is 2.09. The molecular weight excluding hydrogens is 388 g/mol. The number of nitrogen functional groups attached to an aromatic ring is 1. The van der Waals surface area contributed by atoms with Crippen molar-refractivity contribution in [3.63, 3.8) is 0 Å². The fraction of sp³-hybridized carbons (Fsp3) is 0.312. The van der Waals surface area contributed by atoms with Crippen molar-refractivity contribution in [2.75, 3.05) is 22.6 Å². The standard InChI is InChI=1S/C16H18N6OS3/c17-15-21-19-13(25-15)6-8-24-9-7-14-20-22-16(26-14)18-12(23)10-11-4-2-1-3-5-11/h1-5H,6-10H2,(H2,17,21)(H,18,22,23). The molecule has 136 valence electrons. The van der Waals surface area contributed by atoms with Gasteiger partial charge in [0.15, 0.2) is 0 Å². The molecule has 7 nitrogen and oxygen atoms in total. The molecule has 3 rings (SSSR count). The van der Waals surface area contributed by atoms with E-state index >= 15 is 0 Å².